The highest BCUT2D eigenvalue weighted by Gasteiger charge is 2.21. The molecule has 0 amide bonds. The first-order valence-corrected chi connectivity index (χ1v) is 7.63. The van der Waals surface area contributed by atoms with Crippen LogP contribution in [0.4, 0.5) is 0 Å². The van der Waals surface area contributed by atoms with Crippen LogP contribution in [-0.2, 0) is 6.42 Å². The minimum absolute atomic E-state index is 0.518. The van der Waals surface area contributed by atoms with Crippen molar-refractivity contribution in [3.63, 3.8) is 0 Å². The first-order chi connectivity index (χ1) is 10.4. The molecule has 1 aromatic heterocycles. The van der Waals surface area contributed by atoms with Crippen LogP contribution in [0.3, 0.4) is 0 Å². The summed E-state index contributed by atoms with van der Waals surface area (Å²) in [4.78, 5) is 0. The van der Waals surface area contributed by atoms with Crippen molar-refractivity contribution in [2.45, 2.75) is 25.2 Å². The summed E-state index contributed by atoms with van der Waals surface area (Å²) < 4.78 is 5.53. The Morgan fingerprint density at radius 3 is 2.76 bits per heavy atom. The van der Waals surface area contributed by atoms with Crippen molar-refractivity contribution in [1.82, 2.24) is 0 Å². The molecule has 0 spiro atoms. The van der Waals surface area contributed by atoms with Crippen LogP contribution in [-0.4, -0.2) is 0 Å². The fourth-order valence-corrected chi connectivity index (χ4v) is 3.45. The molecule has 0 radical (unpaired) electrons. The molecule has 0 saturated heterocycles. The zero-order chi connectivity index (χ0) is 14.1. The van der Waals surface area contributed by atoms with Crippen LogP contribution in [0.25, 0.3) is 11.3 Å². The molecule has 4 rings (SSSR count). The van der Waals surface area contributed by atoms with Crippen molar-refractivity contribution < 1.29 is 4.42 Å². The molecule has 1 nitrogen and oxygen atoms in total. The molecule has 21 heavy (non-hydrogen) atoms. The molecule has 3 aromatic rings. The highest BCUT2D eigenvalue weighted by molar-refractivity contribution is 5.59. The Balaban J connectivity index is 1.76. The van der Waals surface area contributed by atoms with E-state index in [0.29, 0.717) is 5.92 Å². The third-order valence-corrected chi connectivity index (χ3v) is 4.46. The number of hydrogen-bond donors (Lipinski definition) is 0. The number of aryl methyl sites for hydroxylation is 1. The van der Waals surface area contributed by atoms with Gasteiger partial charge in [-0.2, -0.15) is 0 Å². The predicted molar refractivity (Wildman–Crippen MR) is 85.4 cm³/mol. The van der Waals surface area contributed by atoms with Crippen LogP contribution in [0.2, 0.25) is 0 Å². The van der Waals surface area contributed by atoms with Crippen LogP contribution in [0.15, 0.2) is 71.3 Å². The van der Waals surface area contributed by atoms with Gasteiger partial charge in [0.25, 0.3) is 0 Å². The van der Waals surface area contributed by atoms with E-state index in [2.05, 4.69) is 48.5 Å². The van der Waals surface area contributed by atoms with Gasteiger partial charge in [0.1, 0.15) is 5.76 Å². The Bertz CT molecular complexity index is 740. The Labute approximate surface area is 125 Å². The second-order valence-electron chi connectivity index (χ2n) is 5.75. The second kappa shape index (κ2) is 5.25. The summed E-state index contributed by atoms with van der Waals surface area (Å²) in [6.07, 6.45) is 5.45. The van der Waals surface area contributed by atoms with Gasteiger partial charge in [-0.15, -0.1) is 0 Å². The van der Waals surface area contributed by atoms with Crippen molar-refractivity contribution >= 4 is 0 Å². The first-order valence-electron chi connectivity index (χ1n) is 7.63. The maximum absolute atomic E-state index is 5.53. The van der Waals surface area contributed by atoms with Crippen LogP contribution in [0.5, 0.6) is 0 Å². The Morgan fingerprint density at radius 2 is 1.86 bits per heavy atom. The molecule has 1 heteroatoms. The lowest BCUT2D eigenvalue weighted by Crippen LogP contribution is -2.10. The average molecular weight is 274 g/mol. The molecule has 104 valence electrons. The van der Waals surface area contributed by atoms with E-state index in [1.165, 1.54) is 41.5 Å². The van der Waals surface area contributed by atoms with Gasteiger partial charge in [0.15, 0.2) is 0 Å². The first kappa shape index (κ1) is 12.5. The average Bonchev–Trinajstić information content (AvgIpc) is 3.09. The standard InChI is InChI=1S/C20H18O/c1-2-10-18-15(6-1)7-4-11-19(18)16-8-3-9-17(14-16)20-12-5-13-21-20/h1-3,5-6,8-10,12-14,19H,4,7,11H2/t19-/m1/s1. The second-order valence-corrected chi connectivity index (χ2v) is 5.75. The number of hydrogen-bond acceptors (Lipinski definition) is 1. The van der Waals surface area contributed by atoms with Crippen molar-refractivity contribution in [3.8, 4) is 11.3 Å². The summed E-state index contributed by atoms with van der Waals surface area (Å²) in [6, 6.07) is 21.6. The third-order valence-electron chi connectivity index (χ3n) is 4.46. The summed E-state index contributed by atoms with van der Waals surface area (Å²) in [6.45, 7) is 0. The van der Waals surface area contributed by atoms with Gasteiger partial charge in [-0.05, 0) is 54.2 Å². The molecule has 0 N–H and O–H groups in total. The van der Waals surface area contributed by atoms with Gasteiger partial charge in [0.05, 0.1) is 6.26 Å². The Morgan fingerprint density at radius 1 is 0.905 bits per heavy atom. The van der Waals surface area contributed by atoms with Gasteiger partial charge in [-0.1, -0.05) is 42.5 Å². The van der Waals surface area contributed by atoms with Crippen molar-refractivity contribution in [3.05, 3.63) is 83.6 Å². The summed E-state index contributed by atoms with van der Waals surface area (Å²) in [5.41, 5.74) is 5.58. The summed E-state index contributed by atoms with van der Waals surface area (Å²) in [5.74, 6) is 1.46. The van der Waals surface area contributed by atoms with Crippen LogP contribution in [0, 0.1) is 0 Å². The van der Waals surface area contributed by atoms with E-state index in [4.69, 9.17) is 4.42 Å². The smallest absolute Gasteiger partial charge is 0.133 e. The van der Waals surface area contributed by atoms with Gasteiger partial charge in [0, 0.05) is 11.5 Å². The topological polar surface area (TPSA) is 13.1 Å². The predicted octanol–water partition coefficient (Wildman–Crippen LogP) is 5.41. The van der Waals surface area contributed by atoms with Gasteiger partial charge in [-0.3, -0.25) is 0 Å². The van der Waals surface area contributed by atoms with Crippen LogP contribution < -0.4 is 0 Å². The van der Waals surface area contributed by atoms with E-state index in [0.717, 1.165) is 5.76 Å². The fraction of sp³-hybridized carbons (Fsp3) is 0.200. The van der Waals surface area contributed by atoms with E-state index < -0.39 is 0 Å². The lowest BCUT2D eigenvalue weighted by molar-refractivity contribution is 0.581. The number of rotatable bonds is 2. The van der Waals surface area contributed by atoms with Gasteiger partial charge in [0.2, 0.25) is 0 Å². The largest absolute Gasteiger partial charge is 0.464 e. The van der Waals surface area contributed by atoms with E-state index in [1.54, 1.807) is 6.26 Å². The lowest BCUT2D eigenvalue weighted by Gasteiger charge is -2.26. The zero-order valence-electron chi connectivity index (χ0n) is 12.0. The summed E-state index contributed by atoms with van der Waals surface area (Å²) >= 11 is 0. The van der Waals surface area contributed by atoms with Crippen LogP contribution in [0.1, 0.15) is 35.4 Å². The van der Waals surface area contributed by atoms with E-state index in [-0.39, 0.29) is 0 Å². The fourth-order valence-electron chi connectivity index (χ4n) is 3.45. The van der Waals surface area contributed by atoms with Gasteiger partial charge < -0.3 is 4.42 Å². The molecule has 0 fully saturated rings. The number of fused-ring (bicyclic) bond motifs is 1. The molecule has 0 unspecified atom stereocenters. The van der Waals surface area contributed by atoms with E-state index in [1.807, 2.05) is 12.1 Å². The lowest BCUT2D eigenvalue weighted by atomic mass is 9.78. The molecule has 0 bridgehead atoms. The normalized spacial score (nSPS) is 17.4. The van der Waals surface area contributed by atoms with Crippen LogP contribution >= 0.6 is 0 Å². The highest BCUT2D eigenvalue weighted by Crippen LogP contribution is 2.37. The molecule has 1 atom stereocenters. The molecule has 1 heterocycles. The molecule has 2 aromatic carbocycles. The third kappa shape index (κ3) is 2.29. The maximum atomic E-state index is 5.53. The zero-order valence-corrected chi connectivity index (χ0v) is 12.0. The van der Waals surface area contributed by atoms with Crippen molar-refractivity contribution in [1.29, 1.82) is 0 Å². The Kier molecular flexibility index (Phi) is 3.11. The summed E-state index contributed by atoms with van der Waals surface area (Å²) in [5, 5.41) is 0. The number of benzene rings is 2. The molecule has 0 aliphatic heterocycles. The van der Waals surface area contributed by atoms with Crippen molar-refractivity contribution in [2.75, 3.05) is 0 Å². The molecule has 1 aliphatic rings. The van der Waals surface area contributed by atoms with Gasteiger partial charge >= 0.3 is 0 Å². The van der Waals surface area contributed by atoms with E-state index >= 15 is 0 Å². The summed E-state index contributed by atoms with van der Waals surface area (Å²) in [7, 11) is 0. The molecular formula is C20H18O. The SMILES string of the molecule is c1cc(-c2ccco2)cc([C@H]2CCCc3ccccc32)c1. The minimum Gasteiger partial charge on any atom is -0.464 e. The molecule has 1 aliphatic carbocycles. The maximum Gasteiger partial charge on any atom is 0.133 e. The Hall–Kier alpha value is -2.28. The monoisotopic (exact) mass is 274 g/mol. The molecule has 0 saturated carbocycles. The van der Waals surface area contributed by atoms with Gasteiger partial charge in [-0.25, -0.2) is 0 Å². The quantitative estimate of drug-likeness (QED) is 0.608. The highest BCUT2D eigenvalue weighted by atomic mass is 16.3. The van der Waals surface area contributed by atoms with E-state index in [9.17, 15) is 0 Å². The molecular weight excluding hydrogens is 256 g/mol. The number of furan rings is 1. The minimum atomic E-state index is 0.518. The van der Waals surface area contributed by atoms with Crippen molar-refractivity contribution in [2.24, 2.45) is 0 Å².